The van der Waals surface area contributed by atoms with Gasteiger partial charge in [0.15, 0.2) is 0 Å². The number of aromatic nitrogens is 1. The van der Waals surface area contributed by atoms with Gasteiger partial charge in [0.25, 0.3) is 11.8 Å². The topological polar surface area (TPSA) is 88.6 Å². The molecule has 0 aliphatic heterocycles. The van der Waals surface area contributed by atoms with Gasteiger partial charge in [-0.05, 0) is 49.7 Å². The summed E-state index contributed by atoms with van der Waals surface area (Å²) in [5, 5.41) is 2.71. The SMILES string of the molecule is CCCCN(C)C(=O)c1cccc(C(=O)Nc2ccc(C(=O)OCC)cc2)n1. The molecular formula is C21H25N3O4. The fourth-order valence-electron chi connectivity index (χ4n) is 2.47. The molecule has 0 saturated carbocycles. The molecule has 1 heterocycles. The van der Waals surface area contributed by atoms with Gasteiger partial charge in [-0.15, -0.1) is 0 Å². The van der Waals surface area contributed by atoms with Crippen molar-refractivity contribution in [3.8, 4) is 0 Å². The number of carbonyl (C=O) groups excluding carboxylic acids is 3. The van der Waals surface area contributed by atoms with Crippen LogP contribution in [-0.2, 0) is 4.74 Å². The van der Waals surface area contributed by atoms with Gasteiger partial charge in [-0.2, -0.15) is 0 Å². The van der Waals surface area contributed by atoms with E-state index in [2.05, 4.69) is 17.2 Å². The summed E-state index contributed by atoms with van der Waals surface area (Å²) < 4.78 is 4.93. The Bertz CT molecular complexity index is 834. The molecule has 0 atom stereocenters. The van der Waals surface area contributed by atoms with E-state index in [4.69, 9.17) is 4.74 Å². The molecule has 2 rings (SSSR count). The fourth-order valence-corrected chi connectivity index (χ4v) is 2.47. The molecule has 7 nitrogen and oxygen atoms in total. The Hall–Kier alpha value is -3.22. The molecule has 2 amide bonds. The van der Waals surface area contributed by atoms with Crippen molar-refractivity contribution in [1.82, 2.24) is 9.88 Å². The van der Waals surface area contributed by atoms with Gasteiger partial charge in [-0.1, -0.05) is 19.4 Å². The van der Waals surface area contributed by atoms with Crippen molar-refractivity contribution in [3.63, 3.8) is 0 Å². The summed E-state index contributed by atoms with van der Waals surface area (Å²) in [6, 6.07) is 11.1. The normalized spacial score (nSPS) is 10.2. The lowest BCUT2D eigenvalue weighted by molar-refractivity contribution is 0.0526. The molecule has 2 aromatic rings. The Balaban J connectivity index is 2.06. The number of hydrogen-bond donors (Lipinski definition) is 1. The summed E-state index contributed by atoms with van der Waals surface area (Å²) in [6.07, 6.45) is 1.90. The van der Waals surface area contributed by atoms with Crippen LogP contribution >= 0.6 is 0 Å². The van der Waals surface area contributed by atoms with E-state index in [1.54, 1.807) is 61.3 Å². The van der Waals surface area contributed by atoms with Crippen LogP contribution in [0.1, 0.15) is 58.0 Å². The number of esters is 1. The highest BCUT2D eigenvalue weighted by molar-refractivity contribution is 6.04. The highest BCUT2D eigenvalue weighted by Gasteiger charge is 2.16. The quantitative estimate of drug-likeness (QED) is 0.706. The number of rotatable bonds is 8. The van der Waals surface area contributed by atoms with Crippen LogP contribution in [0.2, 0.25) is 0 Å². The van der Waals surface area contributed by atoms with Crippen molar-refractivity contribution in [2.24, 2.45) is 0 Å². The van der Waals surface area contributed by atoms with Crippen LogP contribution in [0, 0.1) is 0 Å². The lowest BCUT2D eigenvalue weighted by atomic mass is 10.2. The van der Waals surface area contributed by atoms with Gasteiger partial charge in [0, 0.05) is 19.3 Å². The first-order chi connectivity index (χ1) is 13.5. The summed E-state index contributed by atoms with van der Waals surface area (Å²) in [4.78, 5) is 42.3. The maximum absolute atomic E-state index is 12.5. The number of pyridine rings is 1. The second-order valence-corrected chi connectivity index (χ2v) is 6.24. The van der Waals surface area contributed by atoms with Gasteiger partial charge in [-0.25, -0.2) is 9.78 Å². The number of unbranched alkanes of at least 4 members (excludes halogenated alkanes) is 1. The third kappa shape index (κ3) is 5.64. The maximum atomic E-state index is 12.5. The monoisotopic (exact) mass is 383 g/mol. The summed E-state index contributed by atoms with van der Waals surface area (Å²) in [6.45, 7) is 4.73. The number of ether oxygens (including phenoxy) is 1. The first-order valence-electron chi connectivity index (χ1n) is 9.27. The summed E-state index contributed by atoms with van der Waals surface area (Å²) in [7, 11) is 1.72. The first kappa shape index (κ1) is 21.1. The zero-order valence-corrected chi connectivity index (χ0v) is 16.4. The molecule has 7 heteroatoms. The zero-order valence-electron chi connectivity index (χ0n) is 16.4. The standard InChI is InChI=1S/C21H25N3O4/c1-4-6-14-24(3)20(26)18-9-7-8-17(23-18)19(25)22-16-12-10-15(11-13-16)21(27)28-5-2/h7-13H,4-6,14H2,1-3H3,(H,22,25). The molecule has 0 saturated heterocycles. The third-order valence-corrected chi connectivity index (χ3v) is 4.05. The van der Waals surface area contributed by atoms with Crippen LogP contribution in [0.5, 0.6) is 0 Å². The number of carbonyl (C=O) groups is 3. The number of nitrogens with one attached hydrogen (secondary N) is 1. The van der Waals surface area contributed by atoms with E-state index in [0.29, 0.717) is 24.4 Å². The van der Waals surface area contributed by atoms with E-state index in [9.17, 15) is 14.4 Å². The molecule has 0 fully saturated rings. The van der Waals surface area contributed by atoms with Gasteiger partial charge in [0.2, 0.25) is 0 Å². The minimum absolute atomic E-state index is 0.143. The molecule has 0 unspecified atom stereocenters. The van der Waals surface area contributed by atoms with Crippen LogP contribution in [0.3, 0.4) is 0 Å². The van der Waals surface area contributed by atoms with E-state index in [1.807, 2.05) is 0 Å². The summed E-state index contributed by atoms with van der Waals surface area (Å²) in [5.74, 6) is -1.07. The Morgan fingerprint density at radius 2 is 1.71 bits per heavy atom. The molecule has 0 bridgehead atoms. The van der Waals surface area contributed by atoms with Gasteiger partial charge >= 0.3 is 5.97 Å². The van der Waals surface area contributed by atoms with Gasteiger partial charge in [0.05, 0.1) is 12.2 Å². The van der Waals surface area contributed by atoms with Crippen molar-refractivity contribution in [2.45, 2.75) is 26.7 Å². The van der Waals surface area contributed by atoms with Crippen molar-refractivity contribution in [3.05, 3.63) is 59.4 Å². The van der Waals surface area contributed by atoms with Crippen LogP contribution in [0.25, 0.3) is 0 Å². The van der Waals surface area contributed by atoms with Crippen LogP contribution in [-0.4, -0.2) is 47.9 Å². The lowest BCUT2D eigenvalue weighted by Crippen LogP contribution is -2.29. The Morgan fingerprint density at radius 1 is 1.04 bits per heavy atom. The molecule has 1 N–H and O–H groups in total. The molecule has 0 aliphatic rings. The van der Waals surface area contributed by atoms with Gasteiger partial charge in [0.1, 0.15) is 11.4 Å². The van der Waals surface area contributed by atoms with E-state index >= 15 is 0 Å². The summed E-state index contributed by atoms with van der Waals surface area (Å²) in [5.41, 5.74) is 1.28. The Kier molecular flexibility index (Phi) is 7.68. The average Bonchev–Trinajstić information content (AvgIpc) is 2.72. The molecule has 28 heavy (non-hydrogen) atoms. The van der Waals surface area contributed by atoms with E-state index in [0.717, 1.165) is 12.8 Å². The molecule has 0 radical (unpaired) electrons. The van der Waals surface area contributed by atoms with Crippen LogP contribution < -0.4 is 5.32 Å². The van der Waals surface area contributed by atoms with Gasteiger partial charge in [-0.3, -0.25) is 9.59 Å². The molecule has 1 aromatic carbocycles. The fraction of sp³-hybridized carbons (Fsp3) is 0.333. The third-order valence-electron chi connectivity index (χ3n) is 4.05. The summed E-state index contributed by atoms with van der Waals surface area (Å²) >= 11 is 0. The average molecular weight is 383 g/mol. The number of hydrogen-bond acceptors (Lipinski definition) is 5. The van der Waals surface area contributed by atoms with Crippen LogP contribution in [0.15, 0.2) is 42.5 Å². The molecule has 148 valence electrons. The smallest absolute Gasteiger partial charge is 0.338 e. The number of anilines is 1. The predicted octanol–water partition coefficient (Wildman–Crippen LogP) is 3.38. The van der Waals surface area contributed by atoms with Crippen molar-refractivity contribution < 1.29 is 19.1 Å². The van der Waals surface area contributed by atoms with Crippen molar-refractivity contribution in [2.75, 3.05) is 25.5 Å². The van der Waals surface area contributed by atoms with Gasteiger partial charge < -0.3 is 15.0 Å². The Labute approximate surface area is 164 Å². The highest BCUT2D eigenvalue weighted by atomic mass is 16.5. The molecule has 1 aromatic heterocycles. The minimum atomic E-state index is -0.435. The zero-order chi connectivity index (χ0) is 20.5. The largest absolute Gasteiger partial charge is 0.462 e. The van der Waals surface area contributed by atoms with Crippen molar-refractivity contribution in [1.29, 1.82) is 0 Å². The number of nitrogens with zero attached hydrogens (tertiary/aromatic N) is 2. The van der Waals surface area contributed by atoms with E-state index in [-0.39, 0.29) is 17.3 Å². The minimum Gasteiger partial charge on any atom is -0.462 e. The van der Waals surface area contributed by atoms with Crippen LogP contribution in [0.4, 0.5) is 5.69 Å². The second-order valence-electron chi connectivity index (χ2n) is 6.24. The highest BCUT2D eigenvalue weighted by Crippen LogP contribution is 2.12. The lowest BCUT2D eigenvalue weighted by Gasteiger charge is -2.16. The van der Waals surface area contributed by atoms with E-state index in [1.165, 1.54) is 0 Å². The molecule has 0 aliphatic carbocycles. The molecular weight excluding hydrogens is 358 g/mol. The van der Waals surface area contributed by atoms with Crippen molar-refractivity contribution >= 4 is 23.5 Å². The van der Waals surface area contributed by atoms with E-state index < -0.39 is 11.9 Å². The molecule has 0 spiro atoms. The maximum Gasteiger partial charge on any atom is 0.338 e. The Morgan fingerprint density at radius 3 is 2.36 bits per heavy atom. The first-order valence-corrected chi connectivity index (χ1v) is 9.27. The predicted molar refractivity (Wildman–Crippen MR) is 106 cm³/mol. The number of benzene rings is 1. The second kappa shape index (κ2) is 10.2. The number of amides is 2.